The molecule has 0 amide bonds. The molecule has 33 heavy (non-hydrogen) atoms. The van der Waals surface area contributed by atoms with Crippen molar-refractivity contribution in [3.05, 3.63) is 34.9 Å². The molecule has 186 valence electrons. The molecule has 0 saturated heterocycles. The van der Waals surface area contributed by atoms with Crippen LogP contribution in [0.3, 0.4) is 0 Å². The van der Waals surface area contributed by atoms with Crippen LogP contribution in [0.15, 0.2) is 23.8 Å². The maximum absolute atomic E-state index is 11.2. The number of phenols is 1. The molecular formula is C28H44O5. The van der Waals surface area contributed by atoms with Gasteiger partial charge in [0.05, 0.1) is 19.8 Å². The molecule has 0 aromatic heterocycles. The van der Waals surface area contributed by atoms with Gasteiger partial charge in [-0.2, -0.15) is 0 Å². The minimum absolute atomic E-state index is 0.0242. The maximum atomic E-state index is 11.2. The Morgan fingerprint density at radius 3 is 2.67 bits per heavy atom. The molecule has 5 nitrogen and oxygen atoms in total. The van der Waals surface area contributed by atoms with Crippen LogP contribution in [-0.4, -0.2) is 46.8 Å². The first kappa shape index (κ1) is 26.1. The van der Waals surface area contributed by atoms with E-state index in [9.17, 15) is 10.2 Å². The van der Waals surface area contributed by atoms with Crippen LogP contribution < -0.4 is 4.74 Å². The second-order valence-electron chi connectivity index (χ2n) is 11.2. The zero-order valence-electron chi connectivity index (χ0n) is 21.2. The van der Waals surface area contributed by atoms with Crippen LogP contribution in [0.2, 0.25) is 0 Å². The van der Waals surface area contributed by atoms with E-state index in [0.29, 0.717) is 12.4 Å². The second-order valence-corrected chi connectivity index (χ2v) is 11.2. The predicted octanol–water partition coefficient (Wildman–Crippen LogP) is 5.60. The van der Waals surface area contributed by atoms with Gasteiger partial charge in [0.2, 0.25) is 0 Å². The SMILES string of the molecule is CCCCCCC(C)(C)c1cc(O)c2c(c1)OC(C)(C)[C@H]1CC=C(COCC(O)CO)C[C@H]21. The minimum Gasteiger partial charge on any atom is -0.508 e. The average molecular weight is 461 g/mol. The Hall–Kier alpha value is -1.56. The minimum atomic E-state index is -0.850. The van der Waals surface area contributed by atoms with Gasteiger partial charge in [-0.3, -0.25) is 0 Å². The first-order chi connectivity index (χ1) is 15.6. The number of rotatable bonds is 11. The van der Waals surface area contributed by atoms with Gasteiger partial charge in [-0.15, -0.1) is 0 Å². The summed E-state index contributed by atoms with van der Waals surface area (Å²) in [7, 11) is 0. The molecule has 2 aliphatic rings. The van der Waals surface area contributed by atoms with Gasteiger partial charge in [0, 0.05) is 17.4 Å². The van der Waals surface area contributed by atoms with E-state index >= 15 is 0 Å². The lowest BCUT2D eigenvalue weighted by atomic mass is 9.66. The molecule has 0 saturated carbocycles. The van der Waals surface area contributed by atoms with Crippen LogP contribution in [0.25, 0.3) is 0 Å². The number of hydrogen-bond donors (Lipinski definition) is 3. The number of phenolic OH excluding ortho intramolecular Hbond substituents is 1. The first-order valence-corrected chi connectivity index (χ1v) is 12.7. The number of aromatic hydroxyl groups is 1. The molecule has 1 aromatic rings. The van der Waals surface area contributed by atoms with E-state index in [1.165, 1.54) is 31.3 Å². The fourth-order valence-electron chi connectivity index (χ4n) is 5.49. The van der Waals surface area contributed by atoms with Crippen molar-refractivity contribution >= 4 is 0 Å². The highest BCUT2D eigenvalue weighted by molar-refractivity contribution is 5.54. The van der Waals surface area contributed by atoms with Crippen LogP contribution >= 0.6 is 0 Å². The first-order valence-electron chi connectivity index (χ1n) is 12.7. The largest absolute Gasteiger partial charge is 0.508 e. The number of unbranched alkanes of at least 4 members (excludes halogenated alkanes) is 3. The van der Waals surface area contributed by atoms with E-state index in [-0.39, 0.29) is 36.1 Å². The van der Waals surface area contributed by atoms with Gasteiger partial charge in [-0.25, -0.2) is 0 Å². The monoisotopic (exact) mass is 460 g/mol. The highest BCUT2D eigenvalue weighted by Crippen LogP contribution is 2.55. The molecule has 3 atom stereocenters. The Balaban J connectivity index is 1.82. The molecule has 5 heteroatoms. The van der Waals surface area contributed by atoms with Gasteiger partial charge >= 0.3 is 0 Å². The van der Waals surface area contributed by atoms with Gasteiger partial charge in [0.15, 0.2) is 0 Å². The summed E-state index contributed by atoms with van der Waals surface area (Å²) in [6.07, 6.45) is 9.05. The highest BCUT2D eigenvalue weighted by atomic mass is 16.5. The smallest absolute Gasteiger partial charge is 0.127 e. The molecular weight excluding hydrogens is 416 g/mol. The van der Waals surface area contributed by atoms with E-state index in [1.54, 1.807) is 0 Å². The van der Waals surface area contributed by atoms with Gasteiger partial charge in [0.25, 0.3) is 0 Å². The Kier molecular flexibility index (Phi) is 8.52. The van der Waals surface area contributed by atoms with Crippen molar-refractivity contribution in [3.63, 3.8) is 0 Å². The Morgan fingerprint density at radius 2 is 1.97 bits per heavy atom. The third-order valence-corrected chi connectivity index (χ3v) is 7.63. The van der Waals surface area contributed by atoms with Crippen molar-refractivity contribution in [1.29, 1.82) is 0 Å². The predicted molar refractivity (Wildman–Crippen MR) is 132 cm³/mol. The molecule has 0 spiro atoms. The number of allylic oxidation sites excluding steroid dienone is 1. The summed E-state index contributed by atoms with van der Waals surface area (Å²) >= 11 is 0. The number of aliphatic hydroxyl groups excluding tert-OH is 2. The molecule has 0 radical (unpaired) electrons. The summed E-state index contributed by atoms with van der Waals surface area (Å²) in [6, 6.07) is 4.13. The van der Waals surface area contributed by atoms with Crippen LogP contribution in [0.1, 0.15) is 96.6 Å². The van der Waals surface area contributed by atoms with Crippen LogP contribution in [0.5, 0.6) is 11.5 Å². The number of benzene rings is 1. The van der Waals surface area contributed by atoms with Gasteiger partial charge in [0.1, 0.15) is 23.2 Å². The van der Waals surface area contributed by atoms with E-state index in [4.69, 9.17) is 14.6 Å². The summed E-state index contributed by atoms with van der Waals surface area (Å²) in [5, 5.41) is 29.7. The number of ether oxygens (including phenoxy) is 2. The Labute approximate surface area is 199 Å². The summed E-state index contributed by atoms with van der Waals surface area (Å²) < 4.78 is 12.2. The molecule has 3 N–H and O–H groups in total. The standard InChI is InChI=1S/C28H44O5/c1-6-7-8-9-12-27(2,3)20-14-24(31)26-22-13-19(17-32-18-21(30)16-29)10-11-23(22)28(4,5)33-25(26)15-20/h10,14-15,21-23,29-31H,6-9,11-13,16-18H2,1-5H3/t21?,22-,23-/m0/s1. The van der Waals surface area contributed by atoms with Crippen LogP contribution in [0, 0.1) is 5.92 Å². The molecule has 3 rings (SSSR count). The fourth-order valence-corrected chi connectivity index (χ4v) is 5.49. The van der Waals surface area contributed by atoms with Crippen molar-refractivity contribution in [2.24, 2.45) is 5.92 Å². The van der Waals surface area contributed by atoms with Crippen molar-refractivity contribution in [2.75, 3.05) is 19.8 Å². The lowest BCUT2D eigenvalue weighted by Gasteiger charge is -2.47. The highest BCUT2D eigenvalue weighted by Gasteiger charge is 2.46. The normalized spacial score (nSPS) is 22.7. The summed E-state index contributed by atoms with van der Waals surface area (Å²) in [6.45, 7) is 11.3. The molecule has 1 heterocycles. The van der Waals surface area contributed by atoms with E-state index in [2.05, 4.69) is 46.8 Å². The van der Waals surface area contributed by atoms with E-state index in [0.717, 1.165) is 36.1 Å². The lowest BCUT2D eigenvalue weighted by molar-refractivity contribution is 0.000165. The molecule has 0 bridgehead atoms. The zero-order chi connectivity index (χ0) is 24.2. The topological polar surface area (TPSA) is 79.2 Å². The third-order valence-electron chi connectivity index (χ3n) is 7.63. The molecule has 1 aliphatic heterocycles. The van der Waals surface area contributed by atoms with Crippen molar-refractivity contribution in [2.45, 2.75) is 103 Å². The molecule has 1 unspecified atom stereocenters. The second kappa shape index (κ2) is 10.8. The zero-order valence-corrected chi connectivity index (χ0v) is 21.2. The lowest BCUT2D eigenvalue weighted by Crippen LogP contribution is -2.45. The van der Waals surface area contributed by atoms with Gasteiger partial charge in [-0.1, -0.05) is 52.5 Å². The Morgan fingerprint density at radius 1 is 1.21 bits per heavy atom. The summed E-state index contributed by atoms with van der Waals surface area (Å²) in [4.78, 5) is 0. The van der Waals surface area contributed by atoms with Crippen molar-refractivity contribution in [3.8, 4) is 11.5 Å². The molecule has 0 fully saturated rings. The van der Waals surface area contributed by atoms with Crippen molar-refractivity contribution < 1.29 is 24.8 Å². The van der Waals surface area contributed by atoms with E-state index < -0.39 is 6.10 Å². The maximum Gasteiger partial charge on any atom is 0.127 e. The number of aliphatic hydroxyl groups is 2. The van der Waals surface area contributed by atoms with Crippen molar-refractivity contribution in [1.82, 2.24) is 0 Å². The summed E-state index contributed by atoms with van der Waals surface area (Å²) in [5.74, 6) is 1.59. The average Bonchev–Trinajstić information content (AvgIpc) is 2.75. The van der Waals surface area contributed by atoms with Gasteiger partial charge in [-0.05, 0) is 61.8 Å². The number of hydrogen-bond acceptors (Lipinski definition) is 5. The molecule has 1 aliphatic carbocycles. The molecule has 1 aromatic carbocycles. The number of fused-ring (bicyclic) bond motifs is 3. The van der Waals surface area contributed by atoms with Crippen LogP contribution in [-0.2, 0) is 10.2 Å². The fraction of sp³-hybridized carbons (Fsp3) is 0.714. The van der Waals surface area contributed by atoms with Crippen LogP contribution in [0.4, 0.5) is 0 Å². The van der Waals surface area contributed by atoms with Gasteiger partial charge < -0.3 is 24.8 Å². The quantitative estimate of drug-likeness (QED) is 0.296. The Bertz CT molecular complexity index is 826. The van der Waals surface area contributed by atoms with E-state index in [1.807, 2.05) is 6.07 Å². The summed E-state index contributed by atoms with van der Waals surface area (Å²) in [5.41, 5.74) is 2.88. The third kappa shape index (κ3) is 6.12.